The Balaban J connectivity index is 2.71. The Morgan fingerprint density at radius 3 is 2.60 bits per heavy atom. The van der Waals surface area contributed by atoms with Gasteiger partial charge in [0.05, 0.1) is 10.5 Å². The van der Waals surface area contributed by atoms with Crippen LogP contribution in [-0.2, 0) is 5.41 Å². The van der Waals surface area contributed by atoms with E-state index in [0.717, 1.165) is 34.2 Å². The van der Waals surface area contributed by atoms with E-state index in [-0.39, 0.29) is 5.41 Å². The average Bonchev–Trinajstić information content (AvgIpc) is 2.39. The highest BCUT2D eigenvalue weighted by Crippen LogP contribution is 2.36. The van der Waals surface area contributed by atoms with Crippen molar-refractivity contribution in [3.63, 3.8) is 0 Å². The normalized spacial score (nSPS) is 11.9. The van der Waals surface area contributed by atoms with Crippen LogP contribution in [0, 0.1) is 0 Å². The zero-order chi connectivity index (χ0) is 14.9. The molecule has 1 aromatic heterocycles. The van der Waals surface area contributed by atoms with Gasteiger partial charge >= 0.3 is 0 Å². The van der Waals surface area contributed by atoms with Gasteiger partial charge in [-0.2, -0.15) is 0 Å². The van der Waals surface area contributed by atoms with Gasteiger partial charge in [0.25, 0.3) is 0 Å². The van der Waals surface area contributed by atoms with Gasteiger partial charge in [-0.1, -0.05) is 55.2 Å². The predicted octanol–water partition coefficient (Wildman–Crippen LogP) is 5.77. The molecule has 0 bridgehead atoms. The standard InChI is InChI=1S/C16H20BrClN2/c1-5-8-19-15-11(16(2,3)4)9-10-12(17)6-7-13(18)14(10)20-15/h6-7,9H,5,8H2,1-4H3,(H,19,20). The Morgan fingerprint density at radius 1 is 1.30 bits per heavy atom. The molecule has 2 aromatic rings. The Morgan fingerprint density at radius 2 is 2.00 bits per heavy atom. The van der Waals surface area contributed by atoms with E-state index in [1.807, 2.05) is 12.1 Å². The summed E-state index contributed by atoms with van der Waals surface area (Å²) in [7, 11) is 0. The Labute approximate surface area is 134 Å². The summed E-state index contributed by atoms with van der Waals surface area (Å²) in [4.78, 5) is 4.77. The molecule has 0 atom stereocenters. The minimum absolute atomic E-state index is 0.0268. The fraction of sp³-hybridized carbons (Fsp3) is 0.438. The summed E-state index contributed by atoms with van der Waals surface area (Å²) in [6, 6.07) is 6.04. The summed E-state index contributed by atoms with van der Waals surface area (Å²) in [6.45, 7) is 9.66. The molecule has 0 aliphatic carbocycles. The zero-order valence-corrected chi connectivity index (χ0v) is 14.7. The SMILES string of the molecule is CCCNc1nc2c(Cl)ccc(Br)c2cc1C(C)(C)C. The molecule has 0 saturated carbocycles. The molecular weight excluding hydrogens is 336 g/mol. The maximum atomic E-state index is 6.29. The van der Waals surface area contributed by atoms with Crippen LogP contribution in [-0.4, -0.2) is 11.5 Å². The Bertz CT molecular complexity index is 632. The van der Waals surface area contributed by atoms with E-state index in [1.165, 1.54) is 5.56 Å². The molecular formula is C16H20BrClN2. The van der Waals surface area contributed by atoms with Crippen molar-refractivity contribution < 1.29 is 0 Å². The van der Waals surface area contributed by atoms with Crippen molar-refractivity contribution >= 4 is 44.3 Å². The van der Waals surface area contributed by atoms with Crippen molar-refractivity contribution in [2.45, 2.75) is 39.5 Å². The van der Waals surface area contributed by atoms with Crippen LogP contribution in [0.5, 0.6) is 0 Å². The van der Waals surface area contributed by atoms with E-state index >= 15 is 0 Å². The molecule has 0 aliphatic rings. The van der Waals surface area contributed by atoms with Gasteiger partial charge in [-0.05, 0) is 30.0 Å². The molecule has 108 valence electrons. The number of aromatic nitrogens is 1. The second kappa shape index (κ2) is 5.90. The van der Waals surface area contributed by atoms with Crippen molar-refractivity contribution in [1.82, 2.24) is 4.98 Å². The van der Waals surface area contributed by atoms with Crippen molar-refractivity contribution in [3.05, 3.63) is 33.3 Å². The van der Waals surface area contributed by atoms with E-state index in [2.05, 4.69) is 55.0 Å². The molecule has 0 aliphatic heterocycles. The zero-order valence-electron chi connectivity index (χ0n) is 12.3. The smallest absolute Gasteiger partial charge is 0.130 e. The minimum atomic E-state index is 0.0268. The number of nitrogens with zero attached hydrogens (tertiary/aromatic N) is 1. The first-order chi connectivity index (χ1) is 9.34. The Hall–Kier alpha value is -0.800. The highest BCUT2D eigenvalue weighted by Gasteiger charge is 2.21. The molecule has 1 heterocycles. The van der Waals surface area contributed by atoms with Crippen molar-refractivity contribution in [2.24, 2.45) is 0 Å². The molecule has 1 aromatic carbocycles. The summed E-state index contributed by atoms with van der Waals surface area (Å²) < 4.78 is 1.02. The molecule has 0 saturated heterocycles. The number of benzene rings is 1. The lowest BCUT2D eigenvalue weighted by Gasteiger charge is -2.23. The molecule has 2 rings (SSSR count). The number of anilines is 1. The lowest BCUT2D eigenvalue weighted by atomic mass is 9.86. The van der Waals surface area contributed by atoms with Gasteiger partial charge < -0.3 is 5.32 Å². The van der Waals surface area contributed by atoms with Gasteiger partial charge in [-0.15, -0.1) is 0 Å². The van der Waals surface area contributed by atoms with Crippen LogP contribution in [0.15, 0.2) is 22.7 Å². The summed E-state index contributed by atoms with van der Waals surface area (Å²) >= 11 is 9.88. The first-order valence-electron chi connectivity index (χ1n) is 6.87. The third-order valence-corrected chi connectivity index (χ3v) is 4.23. The number of fused-ring (bicyclic) bond motifs is 1. The quantitative estimate of drug-likeness (QED) is 0.756. The van der Waals surface area contributed by atoms with Crippen LogP contribution in [0.25, 0.3) is 10.9 Å². The fourth-order valence-corrected chi connectivity index (χ4v) is 2.78. The minimum Gasteiger partial charge on any atom is -0.370 e. The lowest BCUT2D eigenvalue weighted by molar-refractivity contribution is 0.590. The van der Waals surface area contributed by atoms with E-state index in [0.29, 0.717) is 5.02 Å². The number of pyridine rings is 1. The van der Waals surface area contributed by atoms with Gasteiger partial charge in [0.1, 0.15) is 5.82 Å². The molecule has 1 N–H and O–H groups in total. The predicted molar refractivity (Wildman–Crippen MR) is 91.9 cm³/mol. The number of halogens is 2. The van der Waals surface area contributed by atoms with Gasteiger partial charge in [0, 0.05) is 22.0 Å². The average molecular weight is 356 g/mol. The topological polar surface area (TPSA) is 24.9 Å². The maximum absolute atomic E-state index is 6.29. The number of rotatable bonds is 3. The number of hydrogen-bond donors (Lipinski definition) is 1. The molecule has 0 fully saturated rings. The summed E-state index contributed by atoms with van der Waals surface area (Å²) in [5.74, 6) is 0.937. The van der Waals surface area contributed by atoms with Crippen LogP contribution >= 0.6 is 27.5 Å². The second-order valence-electron chi connectivity index (χ2n) is 5.99. The number of hydrogen-bond acceptors (Lipinski definition) is 2. The van der Waals surface area contributed by atoms with E-state index < -0.39 is 0 Å². The van der Waals surface area contributed by atoms with E-state index in [1.54, 1.807) is 0 Å². The molecule has 0 spiro atoms. The van der Waals surface area contributed by atoms with Gasteiger partial charge in [0.15, 0.2) is 0 Å². The highest BCUT2D eigenvalue weighted by molar-refractivity contribution is 9.10. The Kier molecular flexibility index (Phi) is 4.60. The molecule has 0 unspecified atom stereocenters. The first-order valence-corrected chi connectivity index (χ1v) is 8.04. The molecule has 4 heteroatoms. The van der Waals surface area contributed by atoms with E-state index in [4.69, 9.17) is 16.6 Å². The van der Waals surface area contributed by atoms with Crippen molar-refractivity contribution in [1.29, 1.82) is 0 Å². The number of nitrogens with one attached hydrogen (secondary N) is 1. The van der Waals surface area contributed by atoms with Gasteiger partial charge in [-0.25, -0.2) is 4.98 Å². The third-order valence-electron chi connectivity index (χ3n) is 3.23. The second-order valence-corrected chi connectivity index (χ2v) is 7.25. The summed E-state index contributed by atoms with van der Waals surface area (Å²) in [6.07, 6.45) is 1.06. The van der Waals surface area contributed by atoms with Crippen LogP contribution in [0.4, 0.5) is 5.82 Å². The van der Waals surface area contributed by atoms with Crippen LogP contribution in [0.1, 0.15) is 39.7 Å². The van der Waals surface area contributed by atoms with Crippen molar-refractivity contribution in [3.8, 4) is 0 Å². The fourth-order valence-electron chi connectivity index (χ4n) is 2.14. The summed E-state index contributed by atoms with van der Waals surface area (Å²) in [5.41, 5.74) is 2.08. The van der Waals surface area contributed by atoms with Crippen molar-refractivity contribution in [2.75, 3.05) is 11.9 Å². The van der Waals surface area contributed by atoms with Gasteiger partial charge in [0.2, 0.25) is 0 Å². The summed E-state index contributed by atoms with van der Waals surface area (Å²) in [5, 5.41) is 5.17. The van der Waals surface area contributed by atoms with Crippen LogP contribution in [0.3, 0.4) is 0 Å². The third kappa shape index (κ3) is 3.09. The monoisotopic (exact) mass is 354 g/mol. The lowest BCUT2D eigenvalue weighted by Crippen LogP contribution is -2.16. The molecule has 0 radical (unpaired) electrons. The highest BCUT2D eigenvalue weighted by atomic mass is 79.9. The maximum Gasteiger partial charge on any atom is 0.130 e. The van der Waals surface area contributed by atoms with Crippen LogP contribution in [0.2, 0.25) is 5.02 Å². The molecule has 0 amide bonds. The molecule has 20 heavy (non-hydrogen) atoms. The van der Waals surface area contributed by atoms with E-state index in [9.17, 15) is 0 Å². The van der Waals surface area contributed by atoms with Crippen LogP contribution < -0.4 is 5.32 Å². The largest absolute Gasteiger partial charge is 0.370 e. The van der Waals surface area contributed by atoms with Gasteiger partial charge in [-0.3, -0.25) is 0 Å². The molecule has 2 nitrogen and oxygen atoms in total. The first kappa shape index (κ1) is 15.6.